The van der Waals surface area contributed by atoms with Gasteiger partial charge >= 0.3 is 0 Å². The SMILES string of the molecule is CCOc1ccccc1S(=O)(=O)N1CCC(Oc2nccnc2OC)C1. The lowest BCUT2D eigenvalue weighted by Crippen LogP contribution is -2.31. The van der Waals surface area contributed by atoms with Gasteiger partial charge in [-0.1, -0.05) is 12.1 Å². The molecule has 8 nitrogen and oxygen atoms in total. The van der Waals surface area contributed by atoms with Crippen molar-refractivity contribution in [3.8, 4) is 17.5 Å². The smallest absolute Gasteiger partial charge is 0.278 e. The largest absolute Gasteiger partial charge is 0.492 e. The number of sulfonamides is 1. The van der Waals surface area contributed by atoms with Crippen LogP contribution in [0.5, 0.6) is 17.5 Å². The third kappa shape index (κ3) is 3.73. The molecule has 1 fully saturated rings. The molecule has 1 aromatic carbocycles. The molecule has 1 atom stereocenters. The lowest BCUT2D eigenvalue weighted by atomic mass is 10.3. The Morgan fingerprint density at radius 1 is 1.19 bits per heavy atom. The van der Waals surface area contributed by atoms with E-state index in [1.807, 2.05) is 6.92 Å². The van der Waals surface area contributed by atoms with E-state index < -0.39 is 10.0 Å². The summed E-state index contributed by atoms with van der Waals surface area (Å²) in [5, 5.41) is 0. The molecule has 26 heavy (non-hydrogen) atoms. The molecular formula is C17H21N3O5S. The summed E-state index contributed by atoms with van der Waals surface area (Å²) in [6, 6.07) is 6.65. The predicted octanol–water partition coefficient (Wildman–Crippen LogP) is 1.73. The van der Waals surface area contributed by atoms with E-state index in [9.17, 15) is 8.42 Å². The fourth-order valence-corrected chi connectivity index (χ4v) is 4.40. The van der Waals surface area contributed by atoms with Crippen LogP contribution in [0.1, 0.15) is 13.3 Å². The molecule has 2 heterocycles. The zero-order chi connectivity index (χ0) is 18.6. The van der Waals surface area contributed by atoms with Gasteiger partial charge in [-0.25, -0.2) is 18.4 Å². The first-order valence-corrected chi connectivity index (χ1v) is 9.74. The minimum atomic E-state index is -3.67. The molecule has 9 heteroatoms. The molecule has 140 valence electrons. The highest BCUT2D eigenvalue weighted by molar-refractivity contribution is 7.89. The molecule has 0 radical (unpaired) electrons. The maximum atomic E-state index is 13.0. The van der Waals surface area contributed by atoms with Crippen molar-refractivity contribution in [2.24, 2.45) is 0 Å². The number of para-hydroxylation sites is 1. The van der Waals surface area contributed by atoms with Gasteiger partial charge in [0.05, 0.1) is 20.3 Å². The van der Waals surface area contributed by atoms with E-state index in [2.05, 4.69) is 9.97 Å². The monoisotopic (exact) mass is 379 g/mol. The van der Waals surface area contributed by atoms with Crippen molar-refractivity contribution in [2.75, 3.05) is 26.8 Å². The fraction of sp³-hybridized carbons (Fsp3) is 0.412. The molecule has 0 amide bonds. The number of benzene rings is 1. The number of nitrogens with zero attached hydrogens (tertiary/aromatic N) is 3. The summed E-state index contributed by atoms with van der Waals surface area (Å²) in [5.41, 5.74) is 0. The molecule has 1 saturated heterocycles. The first-order chi connectivity index (χ1) is 12.6. The predicted molar refractivity (Wildman–Crippen MR) is 94.0 cm³/mol. The normalized spacial score (nSPS) is 17.8. The van der Waals surface area contributed by atoms with E-state index in [1.165, 1.54) is 23.8 Å². The van der Waals surface area contributed by atoms with Crippen molar-refractivity contribution >= 4 is 10.0 Å². The van der Waals surface area contributed by atoms with Crippen LogP contribution in [-0.2, 0) is 10.0 Å². The molecule has 1 aliphatic heterocycles. The van der Waals surface area contributed by atoms with Gasteiger partial charge in [0.25, 0.3) is 11.8 Å². The zero-order valence-electron chi connectivity index (χ0n) is 14.7. The van der Waals surface area contributed by atoms with Gasteiger partial charge in [0.1, 0.15) is 16.7 Å². The van der Waals surface area contributed by atoms with Crippen LogP contribution < -0.4 is 14.2 Å². The highest BCUT2D eigenvalue weighted by atomic mass is 32.2. The van der Waals surface area contributed by atoms with Crippen LogP contribution in [0.25, 0.3) is 0 Å². The van der Waals surface area contributed by atoms with Gasteiger partial charge in [-0.2, -0.15) is 4.31 Å². The summed E-state index contributed by atoms with van der Waals surface area (Å²) in [6.45, 7) is 2.79. The summed E-state index contributed by atoms with van der Waals surface area (Å²) in [7, 11) is -2.19. The quantitative estimate of drug-likeness (QED) is 0.723. The van der Waals surface area contributed by atoms with Crippen LogP contribution in [-0.4, -0.2) is 55.6 Å². The van der Waals surface area contributed by atoms with E-state index in [0.29, 0.717) is 25.3 Å². The van der Waals surface area contributed by atoms with E-state index in [0.717, 1.165) is 0 Å². The van der Waals surface area contributed by atoms with Crippen molar-refractivity contribution in [3.05, 3.63) is 36.7 Å². The molecule has 0 spiro atoms. The van der Waals surface area contributed by atoms with Crippen molar-refractivity contribution < 1.29 is 22.6 Å². The number of hydrogen-bond acceptors (Lipinski definition) is 7. The Morgan fingerprint density at radius 3 is 2.65 bits per heavy atom. The Balaban J connectivity index is 1.76. The third-order valence-electron chi connectivity index (χ3n) is 3.98. The summed E-state index contributed by atoms with van der Waals surface area (Å²) < 4.78 is 43.8. The van der Waals surface area contributed by atoms with Crippen molar-refractivity contribution in [1.29, 1.82) is 0 Å². The van der Waals surface area contributed by atoms with E-state index in [-0.39, 0.29) is 29.3 Å². The maximum Gasteiger partial charge on any atom is 0.278 e. The standard InChI is InChI=1S/C17H21N3O5S/c1-3-24-14-6-4-5-7-15(14)26(21,22)20-11-8-13(12-20)25-17-16(23-2)18-9-10-19-17/h4-7,9-10,13H,3,8,11-12H2,1-2H3. The Kier molecular flexibility index (Phi) is 5.58. The van der Waals surface area contributed by atoms with Gasteiger partial charge in [0.2, 0.25) is 10.0 Å². The van der Waals surface area contributed by atoms with Gasteiger partial charge in [-0.3, -0.25) is 0 Å². The minimum Gasteiger partial charge on any atom is -0.492 e. The van der Waals surface area contributed by atoms with E-state index in [4.69, 9.17) is 14.2 Å². The van der Waals surface area contributed by atoms with Gasteiger partial charge in [-0.15, -0.1) is 0 Å². The zero-order valence-corrected chi connectivity index (χ0v) is 15.5. The Labute approximate surface area is 152 Å². The van der Waals surface area contributed by atoms with Gasteiger partial charge in [-0.05, 0) is 25.5 Å². The fourth-order valence-electron chi connectivity index (χ4n) is 2.78. The molecule has 1 aliphatic rings. The molecule has 0 bridgehead atoms. The second-order valence-electron chi connectivity index (χ2n) is 5.64. The molecule has 3 rings (SSSR count). The number of ether oxygens (including phenoxy) is 3. The first kappa shape index (κ1) is 18.4. The molecule has 1 unspecified atom stereocenters. The molecule has 0 saturated carbocycles. The highest BCUT2D eigenvalue weighted by Crippen LogP contribution is 2.30. The van der Waals surface area contributed by atoms with Crippen molar-refractivity contribution in [2.45, 2.75) is 24.3 Å². The number of aromatic nitrogens is 2. The van der Waals surface area contributed by atoms with E-state index in [1.54, 1.807) is 24.3 Å². The Morgan fingerprint density at radius 2 is 1.92 bits per heavy atom. The second-order valence-corrected chi connectivity index (χ2v) is 7.55. The van der Waals surface area contributed by atoms with Gasteiger partial charge in [0.15, 0.2) is 0 Å². The van der Waals surface area contributed by atoms with Crippen LogP contribution in [0.4, 0.5) is 0 Å². The van der Waals surface area contributed by atoms with Crippen LogP contribution in [0.3, 0.4) is 0 Å². The Hall–Kier alpha value is -2.39. The van der Waals surface area contributed by atoms with Gasteiger partial charge in [0, 0.05) is 18.9 Å². The van der Waals surface area contributed by atoms with Crippen LogP contribution in [0.2, 0.25) is 0 Å². The number of hydrogen-bond donors (Lipinski definition) is 0. The topological polar surface area (TPSA) is 90.9 Å². The first-order valence-electron chi connectivity index (χ1n) is 8.30. The second kappa shape index (κ2) is 7.88. The number of methoxy groups -OCH3 is 1. The van der Waals surface area contributed by atoms with Crippen molar-refractivity contribution in [1.82, 2.24) is 14.3 Å². The summed E-state index contributed by atoms with van der Waals surface area (Å²) in [5.74, 6) is 0.888. The average Bonchev–Trinajstić information content (AvgIpc) is 3.12. The number of rotatable bonds is 7. The van der Waals surface area contributed by atoms with Crippen LogP contribution in [0.15, 0.2) is 41.6 Å². The Bertz CT molecular complexity index is 859. The van der Waals surface area contributed by atoms with Crippen LogP contribution >= 0.6 is 0 Å². The summed E-state index contributed by atoms with van der Waals surface area (Å²) in [4.78, 5) is 8.29. The summed E-state index contributed by atoms with van der Waals surface area (Å²) >= 11 is 0. The lowest BCUT2D eigenvalue weighted by molar-refractivity contribution is 0.194. The molecule has 0 N–H and O–H groups in total. The molecule has 0 aliphatic carbocycles. The van der Waals surface area contributed by atoms with Crippen LogP contribution in [0, 0.1) is 0 Å². The minimum absolute atomic E-state index is 0.166. The summed E-state index contributed by atoms with van der Waals surface area (Å²) in [6.07, 6.45) is 3.23. The van der Waals surface area contributed by atoms with Gasteiger partial charge < -0.3 is 14.2 Å². The highest BCUT2D eigenvalue weighted by Gasteiger charge is 2.35. The average molecular weight is 379 g/mol. The maximum absolute atomic E-state index is 13.0. The molecular weight excluding hydrogens is 358 g/mol. The third-order valence-corrected chi connectivity index (χ3v) is 5.88. The molecule has 1 aromatic heterocycles. The van der Waals surface area contributed by atoms with Crippen molar-refractivity contribution in [3.63, 3.8) is 0 Å². The lowest BCUT2D eigenvalue weighted by Gasteiger charge is -2.19. The van der Waals surface area contributed by atoms with E-state index >= 15 is 0 Å². The molecule has 2 aromatic rings.